The summed E-state index contributed by atoms with van der Waals surface area (Å²) in [5.74, 6) is -1.48. The summed E-state index contributed by atoms with van der Waals surface area (Å²) in [5, 5.41) is 15.3. The SMILES string of the molecule is CCOC(=O)c1c(NC=C(C#N)c2nc(-c3ccc(F)cc3)cs2)sc(C(=O)OC(C)(C)C)c1C. The molecule has 10 heteroatoms. The summed E-state index contributed by atoms with van der Waals surface area (Å²) in [5.41, 5.74) is 1.49. The highest BCUT2D eigenvalue weighted by Gasteiger charge is 2.28. The van der Waals surface area contributed by atoms with Gasteiger partial charge in [-0.3, -0.25) is 0 Å². The number of nitrogens with zero attached hydrogens (tertiary/aromatic N) is 2. The van der Waals surface area contributed by atoms with Crippen LogP contribution < -0.4 is 5.32 Å². The molecule has 0 aliphatic heterocycles. The van der Waals surface area contributed by atoms with Crippen LogP contribution in [0.1, 0.15) is 58.3 Å². The van der Waals surface area contributed by atoms with Crippen molar-refractivity contribution in [2.45, 2.75) is 40.2 Å². The molecule has 0 atom stereocenters. The minimum atomic E-state index is -0.702. The van der Waals surface area contributed by atoms with Crippen LogP contribution >= 0.6 is 22.7 Å². The van der Waals surface area contributed by atoms with Crippen LogP contribution in [0.2, 0.25) is 0 Å². The third-order valence-corrected chi connectivity index (χ3v) is 6.63. The van der Waals surface area contributed by atoms with Gasteiger partial charge < -0.3 is 14.8 Å². The lowest BCUT2D eigenvalue weighted by atomic mass is 10.1. The van der Waals surface area contributed by atoms with Crippen molar-refractivity contribution in [3.8, 4) is 17.3 Å². The number of allylic oxidation sites excluding steroid dienone is 1. The average molecular weight is 514 g/mol. The molecular weight excluding hydrogens is 489 g/mol. The zero-order valence-electron chi connectivity index (χ0n) is 19.9. The van der Waals surface area contributed by atoms with Gasteiger partial charge in [0.15, 0.2) is 0 Å². The molecule has 182 valence electrons. The summed E-state index contributed by atoms with van der Waals surface area (Å²) in [7, 11) is 0. The molecule has 0 saturated heterocycles. The fourth-order valence-corrected chi connectivity index (χ4v) is 4.85. The van der Waals surface area contributed by atoms with Crippen LogP contribution in [-0.4, -0.2) is 29.1 Å². The quantitative estimate of drug-likeness (QED) is 0.287. The summed E-state index contributed by atoms with van der Waals surface area (Å²) < 4.78 is 23.9. The molecule has 0 spiro atoms. The number of carbonyl (C=O) groups is 2. The second kappa shape index (κ2) is 10.8. The van der Waals surface area contributed by atoms with Crippen LogP contribution in [0.3, 0.4) is 0 Å². The van der Waals surface area contributed by atoms with E-state index in [9.17, 15) is 19.2 Å². The van der Waals surface area contributed by atoms with Crippen molar-refractivity contribution < 1.29 is 23.5 Å². The lowest BCUT2D eigenvalue weighted by molar-refractivity contribution is 0.00745. The average Bonchev–Trinajstić information content (AvgIpc) is 3.39. The molecule has 0 unspecified atom stereocenters. The molecule has 3 rings (SSSR count). The monoisotopic (exact) mass is 513 g/mol. The van der Waals surface area contributed by atoms with Crippen LogP contribution in [0.5, 0.6) is 0 Å². The van der Waals surface area contributed by atoms with Crippen molar-refractivity contribution in [2.75, 3.05) is 11.9 Å². The summed E-state index contributed by atoms with van der Waals surface area (Å²) in [6.45, 7) is 8.79. The van der Waals surface area contributed by atoms with Crippen LogP contribution in [0.15, 0.2) is 35.8 Å². The first-order chi connectivity index (χ1) is 16.5. The number of nitrogens with one attached hydrogen (secondary N) is 1. The van der Waals surface area contributed by atoms with Crippen molar-refractivity contribution in [3.05, 3.63) is 62.7 Å². The van der Waals surface area contributed by atoms with E-state index in [0.29, 0.717) is 21.3 Å². The molecule has 0 aliphatic rings. The Balaban J connectivity index is 1.94. The van der Waals surface area contributed by atoms with Crippen LogP contribution in [0.25, 0.3) is 16.8 Å². The molecular formula is C25H24FN3O4S2. The van der Waals surface area contributed by atoms with Gasteiger partial charge in [0.05, 0.1) is 17.9 Å². The Morgan fingerprint density at radius 2 is 1.91 bits per heavy atom. The third-order valence-electron chi connectivity index (χ3n) is 4.55. The molecule has 0 fully saturated rings. The van der Waals surface area contributed by atoms with Crippen LogP contribution in [-0.2, 0) is 9.47 Å². The Morgan fingerprint density at radius 3 is 2.51 bits per heavy atom. The number of anilines is 1. The molecule has 0 radical (unpaired) electrons. The normalized spacial score (nSPS) is 11.6. The van der Waals surface area contributed by atoms with Crippen LogP contribution in [0, 0.1) is 24.1 Å². The summed E-state index contributed by atoms with van der Waals surface area (Å²) in [6.07, 6.45) is 1.43. The highest BCUT2D eigenvalue weighted by molar-refractivity contribution is 7.18. The molecule has 0 saturated carbocycles. The highest BCUT2D eigenvalue weighted by atomic mass is 32.1. The number of carbonyl (C=O) groups excluding carboxylic acids is 2. The van der Waals surface area contributed by atoms with E-state index >= 15 is 0 Å². The van der Waals surface area contributed by atoms with Gasteiger partial charge in [0.25, 0.3) is 0 Å². The minimum absolute atomic E-state index is 0.167. The van der Waals surface area contributed by atoms with Gasteiger partial charge in [-0.2, -0.15) is 5.26 Å². The largest absolute Gasteiger partial charge is 0.462 e. The van der Waals surface area contributed by atoms with E-state index < -0.39 is 17.5 Å². The van der Waals surface area contributed by atoms with E-state index in [4.69, 9.17) is 9.47 Å². The standard InChI is InChI=1S/C25H24FN3O4S2/c1-6-32-23(30)19-14(2)20(24(31)33-25(3,4)5)35-22(19)28-12-16(11-27)21-29-18(13-34-21)15-7-9-17(26)10-8-15/h7-10,12-13,28H,6H2,1-5H3. The summed E-state index contributed by atoms with van der Waals surface area (Å²) in [6, 6.07) is 8.00. The first-order valence-corrected chi connectivity index (χ1v) is 12.4. The second-order valence-corrected chi connectivity index (χ2v) is 10.2. The van der Waals surface area contributed by atoms with E-state index in [1.54, 1.807) is 52.1 Å². The van der Waals surface area contributed by atoms with Crippen LogP contribution in [0.4, 0.5) is 9.39 Å². The first kappa shape index (κ1) is 26.1. The van der Waals surface area contributed by atoms with E-state index in [0.717, 1.165) is 16.9 Å². The number of thiazole rings is 1. The molecule has 0 bridgehead atoms. The summed E-state index contributed by atoms with van der Waals surface area (Å²) in [4.78, 5) is 30.1. The topological polar surface area (TPSA) is 101 Å². The Bertz CT molecular complexity index is 1310. The molecule has 1 aromatic carbocycles. The number of ether oxygens (including phenoxy) is 2. The van der Waals surface area contributed by atoms with Crippen molar-refractivity contribution in [2.24, 2.45) is 0 Å². The fraction of sp³-hybridized carbons (Fsp3) is 0.280. The molecule has 0 aliphatic carbocycles. The molecule has 2 aromatic heterocycles. The Kier molecular flexibility index (Phi) is 8.04. The number of aromatic nitrogens is 1. The Morgan fingerprint density at radius 1 is 1.23 bits per heavy atom. The van der Waals surface area contributed by atoms with E-state index in [1.807, 2.05) is 0 Å². The van der Waals surface area contributed by atoms with Gasteiger partial charge in [-0.05, 0) is 64.4 Å². The maximum Gasteiger partial charge on any atom is 0.349 e. The number of rotatable bonds is 7. The van der Waals surface area contributed by atoms with Gasteiger partial charge in [0.2, 0.25) is 0 Å². The van der Waals surface area contributed by atoms with Gasteiger partial charge in [-0.15, -0.1) is 22.7 Å². The van der Waals surface area contributed by atoms with E-state index in [-0.39, 0.29) is 28.4 Å². The zero-order chi connectivity index (χ0) is 25.8. The molecule has 2 heterocycles. The van der Waals surface area contributed by atoms with E-state index in [2.05, 4.69) is 16.4 Å². The molecule has 0 amide bonds. The maximum absolute atomic E-state index is 13.2. The lowest BCUT2D eigenvalue weighted by Crippen LogP contribution is -2.23. The molecule has 35 heavy (non-hydrogen) atoms. The Labute approximate surface area is 210 Å². The smallest absolute Gasteiger partial charge is 0.349 e. The number of esters is 2. The number of hydrogen-bond acceptors (Lipinski definition) is 9. The number of thiophene rings is 1. The Hall–Kier alpha value is -3.55. The predicted molar refractivity (Wildman–Crippen MR) is 135 cm³/mol. The van der Waals surface area contributed by atoms with Gasteiger partial charge in [0, 0.05) is 17.1 Å². The van der Waals surface area contributed by atoms with Gasteiger partial charge in [-0.25, -0.2) is 19.0 Å². The van der Waals surface area contributed by atoms with Crippen molar-refractivity contribution in [3.63, 3.8) is 0 Å². The van der Waals surface area contributed by atoms with Gasteiger partial charge in [-0.1, -0.05) is 0 Å². The third kappa shape index (κ3) is 6.32. The molecule has 7 nitrogen and oxygen atoms in total. The lowest BCUT2D eigenvalue weighted by Gasteiger charge is -2.19. The van der Waals surface area contributed by atoms with E-state index in [1.165, 1.54) is 29.7 Å². The van der Waals surface area contributed by atoms with Gasteiger partial charge in [0.1, 0.15) is 37.9 Å². The zero-order valence-corrected chi connectivity index (χ0v) is 21.5. The van der Waals surface area contributed by atoms with Crippen molar-refractivity contribution in [1.82, 2.24) is 4.98 Å². The van der Waals surface area contributed by atoms with Crippen molar-refractivity contribution >= 4 is 45.2 Å². The molecule has 3 aromatic rings. The highest BCUT2D eigenvalue weighted by Crippen LogP contribution is 2.35. The maximum atomic E-state index is 13.2. The van der Waals surface area contributed by atoms with Gasteiger partial charge >= 0.3 is 11.9 Å². The fourth-order valence-electron chi connectivity index (χ4n) is 3.01. The number of halogens is 1. The van der Waals surface area contributed by atoms with Crippen molar-refractivity contribution in [1.29, 1.82) is 5.26 Å². The summed E-state index contributed by atoms with van der Waals surface area (Å²) >= 11 is 2.30. The first-order valence-electron chi connectivity index (χ1n) is 10.7. The number of hydrogen-bond donors (Lipinski definition) is 1. The predicted octanol–water partition coefficient (Wildman–Crippen LogP) is 6.43. The number of benzene rings is 1. The molecule has 1 N–H and O–H groups in total. The second-order valence-electron chi connectivity index (χ2n) is 8.34. The minimum Gasteiger partial charge on any atom is -0.462 e. The number of nitriles is 1.